The van der Waals surface area contributed by atoms with Gasteiger partial charge in [-0.2, -0.15) is 13.2 Å². The highest BCUT2D eigenvalue weighted by atomic mass is 19.4. The number of hydrogen-bond acceptors (Lipinski definition) is 2. The molecule has 0 radical (unpaired) electrons. The van der Waals surface area contributed by atoms with E-state index in [1.54, 1.807) is 6.07 Å². The lowest BCUT2D eigenvalue weighted by molar-refractivity contribution is -0.141. The van der Waals surface area contributed by atoms with E-state index in [1.165, 1.54) is 6.07 Å². The zero-order chi connectivity index (χ0) is 11.8. The van der Waals surface area contributed by atoms with Crippen LogP contribution in [0.1, 0.15) is 25.5 Å². The quantitative estimate of drug-likeness (QED) is 0.861. The van der Waals surface area contributed by atoms with Crippen molar-refractivity contribution in [1.29, 1.82) is 0 Å². The van der Waals surface area contributed by atoms with Gasteiger partial charge in [0.15, 0.2) is 0 Å². The van der Waals surface area contributed by atoms with Gasteiger partial charge in [-0.05, 0) is 30.4 Å². The lowest BCUT2D eigenvalue weighted by Gasteiger charge is -2.12. The molecule has 0 bridgehead atoms. The van der Waals surface area contributed by atoms with Gasteiger partial charge in [-0.25, -0.2) is 4.98 Å². The summed E-state index contributed by atoms with van der Waals surface area (Å²) in [6.45, 7) is 2.79. The molecule has 0 saturated heterocycles. The monoisotopic (exact) mass is 230 g/mol. The summed E-state index contributed by atoms with van der Waals surface area (Å²) in [6.07, 6.45) is -2.13. The Morgan fingerprint density at radius 1 is 1.38 bits per heavy atom. The number of nitrogens with one attached hydrogen (secondary N) is 1. The van der Waals surface area contributed by atoms with Crippen LogP contribution in [-0.2, 0) is 6.18 Å². The number of pyridine rings is 1. The summed E-state index contributed by atoms with van der Waals surface area (Å²) >= 11 is 0. The van der Waals surface area contributed by atoms with Gasteiger partial charge in [-0.3, -0.25) is 0 Å². The summed E-state index contributed by atoms with van der Waals surface area (Å²) in [7, 11) is 0. The molecule has 1 aliphatic carbocycles. The lowest BCUT2D eigenvalue weighted by Crippen LogP contribution is -2.14. The maximum absolute atomic E-state index is 12.4. The number of anilines is 1. The highest BCUT2D eigenvalue weighted by Crippen LogP contribution is 2.44. The average molecular weight is 230 g/mol. The molecule has 0 atom stereocenters. The molecule has 88 valence electrons. The molecule has 0 amide bonds. The number of hydrogen-bond donors (Lipinski definition) is 1. The van der Waals surface area contributed by atoms with Crippen molar-refractivity contribution in [3.05, 3.63) is 23.9 Å². The summed E-state index contributed by atoms with van der Waals surface area (Å²) in [6, 6.07) is 3.90. The zero-order valence-corrected chi connectivity index (χ0v) is 8.93. The molecule has 1 aliphatic rings. The predicted molar refractivity (Wildman–Crippen MR) is 55.1 cm³/mol. The fourth-order valence-electron chi connectivity index (χ4n) is 1.39. The molecular weight excluding hydrogens is 217 g/mol. The first-order valence-corrected chi connectivity index (χ1v) is 5.17. The molecule has 2 rings (SSSR count). The van der Waals surface area contributed by atoms with Crippen molar-refractivity contribution >= 4 is 5.82 Å². The van der Waals surface area contributed by atoms with Crippen LogP contribution in [0.15, 0.2) is 18.2 Å². The van der Waals surface area contributed by atoms with Crippen LogP contribution in [-0.4, -0.2) is 11.5 Å². The highest BCUT2D eigenvalue weighted by molar-refractivity contribution is 5.36. The minimum atomic E-state index is -4.37. The van der Waals surface area contributed by atoms with Gasteiger partial charge in [0.25, 0.3) is 0 Å². The maximum atomic E-state index is 12.4. The molecule has 0 aliphatic heterocycles. The summed E-state index contributed by atoms with van der Waals surface area (Å²) in [5.41, 5.74) is -0.603. The number of nitrogens with zero attached hydrogens (tertiary/aromatic N) is 1. The fraction of sp³-hybridized carbons (Fsp3) is 0.545. The normalized spacial score (nSPS) is 18.2. The van der Waals surface area contributed by atoms with Crippen molar-refractivity contribution in [2.45, 2.75) is 25.9 Å². The topological polar surface area (TPSA) is 24.9 Å². The summed E-state index contributed by atoms with van der Waals surface area (Å²) in [5, 5.41) is 2.95. The van der Waals surface area contributed by atoms with Gasteiger partial charge in [0.05, 0.1) is 0 Å². The average Bonchev–Trinajstić information content (AvgIpc) is 2.94. The van der Waals surface area contributed by atoms with Crippen molar-refractivity contribution in [3.63, 3.8) is 0 Å². The number of halogens is 3. The predicted octanol–water partition coefficient (Wildman–Crippen LogP) is 3.31. The van der Waals surface area contributed by atoms with Gasteiger partial charge >= 0.3 is 6.18 Å². The summed E-state index contributed by atoms with van der Waals surface area (Å²) < 4.78 is 37.1. The van der Waals surface area contributed by atoms with Crippen LogP contribution < -0.4 is 5.32 Å². The van der Waals surface area contributed by atoms with Crippen molar-refractivity contribution in [3.8, 4) is 0 Å². The molecule has 2 nitrogen and oxygen atoms in total. The Balaban J connectivity index is 2.04. The van der Waals surface area contributed by atoms with Crippen molar-refractivity contribution in [2.24, 2.45) is 5.41 Å². The second-order valence-corrected chi connectivity index (χ2v) is 4.57. The Morgan fingerprint density at radius 3 is 2.62 bits per heavy atom. The molecule has 1 fully saturated rings. The van der Waals surface area contributed by atoms with E-state index >= 15 is 0 Å². The number of rotatable bonds is 3. The molecule has 16 heavy (non-hydrogen) atoms. The molecule has 1 aromatic heterocycles. The first-order chi connectivity index (χ1) is 7.39. The van der Waals surface area contributed by atoms with Crippen LogP contribution in [0.25, 0.3) is 0 Å². The summed E-state index contributed by atoms with van der Waals surface area (Å²) in [4.78, 5) is 3.54. The zero-order valence-electron chi connectivity index (χ0n) is 8.93. The van der Waals surface area contributed by atoms with Crippen LogP contribution in [0.2, 0.25) is 0 Å². The SMILES string of the molecule is CC1(CNc2cccc(C(F)(F)F)n2)CC1. The Bertz CT molecular complexity index is 383. The van der Waals surface area contributed by atoms with Gasteiger partial charge in [0, 0.05) is 6.54 Å². The molecule has 0 unspecified atom stereocenters. The molecular formula is C11H13F3N2. The largest absolute Gasteiger partial charge is 0.433 e. The smallest absolute Gasteiger partial charge is 0.370 e. The third kappa shape index (κ3) is 2.65. The number of aromatic nitrogens is 1. The van der Waals surface area contributed by atoms with E-state index in [0.29, 0.717) is 12.4 Å². The molecule has 1 N–H and O–H groups in total. The van der Waals surface area contributed by atoms with Gasteiger partial charge in [-0.1, -0.05) is 13.0 Å². The first kappa shape index (κ1) is 11.2. The molecule has 5 heteroatoms. The minimum absolute atomic E-state index is 0.246. The van der Waals surface area contributed by atoms with E-state index in [9.17, 15) is 13.2 Å². The van der Waals surface area contributed by atoms with Gasteiger partial charge in [-0.15, -0.1) is 0 Å². The van der Waals surface area contributed by atoms with Crippen LogP contribution in [0.5, 0.6) is 0 Å². The van der Waals surface area contributed by atoms with Crippen LogP contribution in [0, 0.1) is 5.41 Å². The van der Waals surface area contributed by atoms with Crippen molar-refractivity contribution < 1.29 is 13.2 Å². The second-order valence-electron chi connectivity index (χ2n) is 4.57. The van der Waals surface area contributed by atoms with Crippen molar-refractivity contribution in [1.82, 2.24) is 4.98 Å². The standard InChI is InChI=1S/C11H13F3N2/c1-10(5-6-10)7-15-9-4-2-3-8(16-9)11(12,13)14/h2-4H,5-7H2,1H3,(H,15,16). The first-order valence-electron chi connectivity index (χ1n) is 5.17. The van der Waals surface area contributed by atoms with E-state index < -0.39 is 11.9 Å². The Hall–Kier alpha value is -1.26. The minimum Gasteiger partial charge on any atom is -0.370 e. The summed E-state index contributed by atoms with van der Waals surface area (Å²) in [5.74, 6) is 0.294. The van der Waals surface area contributed by atoms with Gasteiger partial charge < -0.3 is 5.32 Å². The van der Waals surface area contributed by atoms with Crippen LogP contribution in [0.4, 0.5) is 19.0 Å². The third-order valence-electron chi connectivity index (χ3n) is 2.84. The fourth-order valence-corrected chi connectivity index (χ4v) is 1.39. The van der Waals surface area contributed by atoms with Gasteiger partial charge in [0.2, 0.25) is 0 Å². The molecule has 1 aromatic rings. The maximum Gasteiger partial charge on any atom is 0.433 e. The van der Waals surface area contributed by atoms with E-state index in [0.717, 1.165) is 18.9 Å². The Kier molecular flexibility index (Phi) is 2.56. The number of alkyl halides is 3. The van der Waals surface area contributed by atoms with Crippen molar-refractivity contribution in [2.75, 3.05) is 11.9 Å². The van der Waals surface area contributed by atoms with E-state index in [4.69, 9.17) is 0 Å². The Morgan fingerprint density at radius 2 is 2.06 bits per heavy atom. The van der Waals surface area contributed by atoms with Crippen LogP contribution in [0.3, 0.4) is 0 Å². The molecule has 0 aromatic carbocycles. The van der Waals surface area contributed by atoms with E-state index in [2.05, 4.69) is 17.2 Å². The third-order valence-corrected chi connectivity index (χ3v) is 2.84. The van der Waals surface area contributed by atoms with E-state index in [-0.39, 0.29) is 5.41 Å². The highest BCUT2D eigenvalue weighted by Gasteiger charge is 2.37. The van der Waals surface area contributed by atoms with Crippen LogP contribution >= 0.6 is 0 Å². The van der Waals surface area contributed by atoms with E-state index in [1.807, 2.05) is 0 Å². The Labute approximate surface area is 91.9 Å². The molecule has 1 saturated carbocycles. The van der Waals surface area contributed by atoms with Gasteiger partial charge in [0.1, 0.15) is 11.5 Å². The lowest BCUT2D eigenvalue weighted by atomic mass is 10.1. The molecule has 0 spiro atoms. The molecule has 1 heterocycles. The second kappa shape index (κ2) is 3.64.